The van der Waals surface area contributed by atoms with E-state index in [1.807, 2.05) is 18.2 Å². The van der Waals surface area contributed by atoms with Gasteiger partial charge in [-0.05, 0) is 18.2 Å². The van der Waals surface area contributed by atoms with E-state index in [4.69, 9.17) is 16.3 Å². The van der Waals surface area contributed by atoms with E-state index < -0.39 is 0 Å². The number of H-pyrrole nitrogens is 1. The van der Waals surface area contributed by atoms with Crippen molar-refractivity contribution in [2.45, 2.75) is 6.61 Å². The van der Waals surface area contributed by atoms with E-state index in [0.29, 0.717) is 11.6 Å². The molecule has 5 heteroatoms. The summed E-state index contributed by atoms with van der Waals surface area (Å²) in [4.78, 5) is 6.91. The third-order valence-electron chi connectivity index (χ3n) is 2.13. The van der Waals surface area contributed by atoms with Crippen LogP contribution in [-0.4, -0.2) is 17.1 Å². The van der Waals surface area contributed by atoms with Gasteiger partial charge in [0.2, 0.25) is 0 Å². The Morgan fingerprint density at radius 3 is 3.06 bits per heavy atom. The molecule has 2 rings (SSSR count). The van der Waals surface area contributed by atoms with Gasteiger partial charge in [0.15, 0.2) is 0 Å². The predicted molar refractivity (Wildman–Crippen MR) is 64.0 cm³/mol. The number of aromatic amines is 1. The standard InChI is InChI=1S/C11H12ClN3O/c1-16-6-8-4-9(12)2-3-10(8)15-11-5-13-7-14-11/h2-5,7,15H,6H2,1H3,(H,13,14). The summed E-state index contributed by atoms with van der Waals surface area (Å²) < 4.78 is 5.12. The molecule has 0 saturated heterocycles. The first-order valence-corrected chi connectivity index (χ1v) is 5.20. The van der Waals surface area contributed by atoms with Crippen molar-refractivity contribution >= 4 is 23.1 Å². The number of hydrogen-bond acceptors (Lipinski definition) is 3. The molecule has 0 bridgehead atoms. The molecule has 0 aliphatic carbocycles. The maximum absolute atomic E-state index is 5.93. The topological polar surface area (TPSA) is 49.9 Å². The van der Waals surface area contributed by atoms with Crippen molar-refractivity contribution in [1.82, 2.24) is 9.97 Å². The molecule has 2 N–H and O–H groups in total. The van der Waals surface area contributed by atoms with Gasteiger partial charge in [0.25, 0.3) is 0 Å². The van der Waals surface area contributed by atoms with Crippen LogP contribution in [0, 0.1) is 0 Å². The van der Waals surface area contributed by atoms with Crippen LogP contribution in [0.2, 0.25) is 5.02 Å². The van der Waals surface area contributed by atoms with Crippen molar-refractivity contribution in [2.24, 2.45) is 0 Å². The van der Waals surface area contributed by atoms with E-state index in [1.54, 1.807) is 19.6 Å². The van der Waals surface area contributed by atoms with E-state index in [2.05, 4.69) is 15.3 Å². The Balaban J connectivity index is 2.25. The lowest BCUT2D eigenvalue weighted by Gasteiger charge is -2.10. The number of rotatable bonds is 4. The van der Waals surface area contributed by atoms with E-state index in [1.165, 1.54) is 0 Å². The van der Waals surface area contributed by atoms with Gasteiger partial charge in [0, 0.05) is 23.4 Å². The molecule has 1 heterocycles. The molecule has 0 saturated carbocycles. The van der Waals surface area contributed by atoms with Gasteiger partial charge in [-0.2, -0.15) is 0 Å². The molecule has 0 atom stereocenters. The molecule has 1 aromatic heterocycles. The van der Waals surface area contributed by atoms with Crippen LogP contribution in [0.3, 0.4) is 0 Å². The fraction of sp³-hybridized carbons (Fsp3) is 0.182. The van der Waals surface area contributed by atoms with Crippen LogP contribution in [0.4, 0.5) is 11.5 Å². The molecule has 0 fully saturated rings. The van der Waals surface area contributed by atoms with Crippen LogP contribution in [-0.2, 0) is 11.3 Å². The second-order valence-electron chi connectivity index (χ2n) is 3.32. The lowest BCUT2D eigenvalue weighted by Crippen LogP contribution is -1.97. The molecule has 4 nitrogen and oxygen atoms in total. The summed E-state index contributed by atoms with van der Waals surface area (Å²) in [6, 6.07) is 5.63. The number of nitrogens with zero attached hydrogens (tertiary/aromatic N) is 1. The van der Waals surface area contributed by atoms with Crippen LogP contribution >= 0.6 is 11.6 Å². The number of nitrogens with one attached hydrogen (secondary N) is 2. The highest BCUT2D eigenvalue weighted by atomic mass is 35.5. The zero-order chi connectivity index (χ0) is 11.4. The largest absolute Gasteiger partial charge is 0.380 e. The Hall–Kier alpha value is -1.52. The highest BCUT2D eigenvalue weighted by molar-refractivity contribution is 6.30. The van der Waals surface area contributed by atoms with Crippen LogP contribution in [0.25, 0.3) is 0 Å². The highest BCUT2D eigenvalue weighted by Gasteiger charge is 2.04. The zero-order valence-corrected chi connectivity index (χ0v) is 9.58. The first kappa shape index (κ1) is 11.0. The predicted octanol–water partition coefficient (Wildman–Crippen LogP) is 2.95. The second kappa shape index (κ2) is 5.01. The smallest absolute Gasteiger partial charge is 0.127 e. The molecule has 0 unspecified atom stereocenters. The molecular formula is C11H12ClN3O. The summed E-state index contributed by atoms with van der Waals surface area (Å²) in [5, 5.41) is 3.90. The third-order valence-corrected chi connectivity index (χ3v) is 2.37. The fourth-order valence-electron chi connectivity index (χ4n) is 1.43. The number of imidazole rings is 1. The molecule has 2 aromatic rings. The first-order chi connectivity index (χ1) is 7.79. The SMILES string of the molecule is COCc1cc(Cl)ccc1Nc1cnc[nH]1. The number of ether oxygens (including phenoxy) is 1. The number of aromatic nitrogens is 2. The molecule has 0 radical (unpaired) electrons. The summed E-state index contributed by atoms with van der Waals surface area (Å²) in [7, 11) is 1.65. The number of methoxy groups -OCH3 is 1. The van der Waals surface area contributed by atoms with Crippen molar-refractivity contribution in [2.75, 3.05) is 12.4 Å². The molecule has 0 aliphatic heterocycles. The molecular weight excluding hydrogens is 226 g/mol. The summed E-state index contributed by atoms with van der Waals surface area (Å²) >= 11 is 5.93. The van der Waals surface area contributed by atoms with Gasteiger partial charge in [-0.15, -0.1) is 0 Å². The first-order valence-electron chi connectivity index (χ1n) is 4.82. The summed E-state index contributed by atoms with van der Waals surface area (Å²) in [6.07, 6.45) is 3.33. The van der Waals surface area contributed by atoms with Gasteiger partial charge in [-0.25, -0.2) is 4.98 Å². The third kappa shape index (κ3) is 2.53. The Labute approximate surface area is 98.6 Å². The van der Waals surface area contributed by atoms with E-state index >= 15 is 0 Å². The van der Waals surface area contributed by atoms with Crippen molar-refractivity contribution in [3.8, 4) is 0 Å². The Morgan fingerprint density at radius 2 is 2.38 bits per heavy atom. The Kier molecular flexibility index (Phi) is 3.44. The minimum atomic E-state index is 0.511. The fourth-order valence-corrected chi connectivity index (χ4v) is 1.62. The quantitative estimate of drug-likeness (QED) is 0.860. The molecule has 16 heavy (non-hydrogen) atoms. The molecule has 0 aliphatic rings. The minimum absolute atomic E-state index is 0.511. The van der Waals surface area contributed by atoms with E-state index in [-0.39, 0.29) is 0 Å². The van der Waals surface area contributed by atoms with Gasteiger partial charge < -0.3 is 15.0 Å². The van der Waals surface area contributed by atoms with E-state index in [9.17, 15) is 0 Å². The molecule has 1 aromatic carbocycles. The summed E-state index contributed by atoms with van der Waals surface area (Å²) in [6.45, 7) is 0.511. The lowest BCUT2D eigenvalue weighted by atomic mass is 10.2. The summed E-state index contributed by atoms with van der Waals surface area (Å²) in [5.74, 6) is 0.833. The Morgan fingerprint density at radius 1 is 1.50 bits per heavy atom. The van der Waals surface area contributed by atoms with Gasteiger partial charge in [-0.3, -0.25) is 0 Å². The van der Waals surface area contributed by atoms with E-state index in [0.717, 1.165) is 17.1 Å². The van der Waals surface area contributed by atoms with Crippen LogP contribution in [0.1, 0.15) is 5.56 Å². The Bertz CT molecular complexity index is 456. The second-order valence-corrected chi connectivity index (χ2v) is 3.76. The van der Waals surface area contributed by atoms with Crippen molar-refractivity contribution in [3.05, 3.63) is 41.3 Å². The van der Waals surface area contributed by atoms with Crippen molar-refractivity contribution in [3.63, 3.8) is 0 Å². The number of benzene rings is 1. The molecule has 0 amide bonds. The van der Waals surface area contributed by atoms with Crippen LogP contribution in [0.15, 0.2) is 30.7 Å². The van der Waals surface area contributed by atoms with Crippen molar-refractivity contribution < 1.29 is 4.74 Å². The van der Waals surface area contributed by atoms with Crippen molar-refractivity contribution in [1.29, 1.82) is 0 Å². The van der Waals surface area contributed by atoms with Gasteiger partial charge in [0.1, 0.15) is 5.82 Å². The average molecular weight is 238 g/mol. The average Bonchev–Trinajstić information content (AvgIpc) is 2.75. The normalized spacial score (nSPS) is 10.4. The maximum Gasteiger partial charge on any atom is 0.127 e. The minimum Gasteiger partial charge on any atom is -0.380 e. The van der Waals surface area contributed by atoms with Gasteiger partial charge in [-0.1, -0.05) is 11.6 Å². The van der Waals surface area contributed by atoms with Crippen LogP contribution < -0.4 is 5.32 Å². The lowest BCUT2D eigenvalue weighted by molar-refractivity contribution is 0.185. The summed E-state index contributed by atoms with van der Waals surface area (Å²) in [5.41, 5.74) is 1.96. The molecule has 0 spiro atoms. The highest BCUT2D eigenvalue weighted by Crippen LogP contribution is 2.23. The van der Waals surface area contributed by atoms with Gasteiger partial charge >= 0.3 is 0 Å². The number of hydrogen-bond donors (Lipinski definition) is 2. The number of anilines is 2. The maximum atomic E-state index is 5.93. The van der Waals surface area contributed by atoms with Gasteiger partial charge in [0.05, 0.1) is 19.1 Å². The zero-order valence-electron chi connectivity index (χ0n) is 8.83. The monoisotopic (exact) mass is 237 g/mol. The van der Waals surface area contributed by atoms with Crippen LogP contribution in [0.5, 0.6) is 0 Å². The number of halogens is 1. The molecule has 84 valence electrons.